The summed E-state index contributed by atoms with van der Waals surface area (Å²) in [4.78, 5) is 35.8. The molecule has 0 aliphatic heterocycles. The lowest BCUT2D eigenvalue weighted by Gasteiger charge is -2.14. The first kappa shape index (κ1) is 15.3. The fourth-order valence-corrected chi connectivity index (χ4v) is 1.51. The van der Waals surface area contributed by atoms with E-state index in [2.05, 4.69) is 0 Å². The Morgan fingerprint density at radius 3 is 2.56 bits per heavy atom. The number of amides is 1. The molecule has 5 N–H and O–H groups in total. The number of carboxylic acid groups (broad SMARTS) is 1. The third kappa shape index (κ3) is 11.4. The van der Waals surface area contributed by atoms with Gasteiger partial charge in [-0.3, -0.25) is 0 Å². The van der Waals surface area contributed by atoms with Crippen LogP contribution in [0.4, 0.5) is 4.79 Å². The van der Waals surface area contributed by atoms with Gasteiger partial charge < -0.3 is 39.4 Å². The molecule has 1 unspecified atom stereocenters. The molecule has 0 saturated carbocycles. The molecule has 96 valence electrons. The second kappa shape index (κ2) is 7.54. The molecule has 0 radical (unpaired) electrons. The van der Waals surface area contributed by atoms with Crippen LogP contribution in [0.15, 0.2) is 0 Å². The minimum Gasteiger partial charge on any atom is -0.530 e. The van der Waals surface area contributed by atoms with E-state index in [1.807, 2.05) is 5.32 Å². The molecule has 0 rings (SSSR count). The highest BCUT2D eigenvalue weighted by Gasteiger charge is 2.25. The predicted octanol–water partition coefficient (Wildman–Crippen LogP) is -3.40. The highest BCUT2D eigenvalue weighted by atomic mass is 28.4. The number of rotatable bonds is 8. The van der Waals surface area contributed by atoms with Gasteiger partial charge in [-0.25, -0.2) is 0 Å². The molecule has 0 bridgehead atoms. The van der Waals surface area contributed by atoms with Crippen LogP contribution in [0.2, 0.25) is 6.04 Å². The Labute approximate surface area is 93.5 Å². The van der Waals surface area contributed by atoms with E-state index in [9.17, 15) is 9.90 Å². The van der Waals surface area contributed by atoms with Crippen LogP contribution < -0.4 is 10.4 Å². The van der Waals surface area contributed by atoms with E-state index in [0.29, 0.717) is 0 Å². The molecule has 0 heterocycles. The second-order valence-electron chi connectivity index (χ2n) is 3.27. The largest absolute Gasteiger partial charge is 0.530 e. The van der Waals surface area contributed by atoms with Crippen LogP contribution in [0.3, 0.4) is 0 Å². The van der Waals surface area contributed by atoms with E-state index >= 15 is 0 Å². The number of ether oxygens (including phenoxy) is 1. The molecule has 8 nitrogen and oxygen atoms in total. The average Bonchev–Trinajstić information content (AvgIpc) is 2.12. The average molecular weight is 254 g/mol. The maximum atomic E-state index is 9.94. The Kier molecular flexibility index (Phi) is 7.21. The van der Waals surface area contributed by atoms with E-state index in [1.165, 1.54) is 0 Å². The normalized spacial score (nSPS) is 13.5. The predicted molar refractivity (Wildman–Crippen MR) is 52.1 cm³/mol. The van der Waals surface area contributed by atoms with E-state index in [-0.39, 0.29) is 32.2 Å². The Morgan fingerprint density at radius 1 is 1.44 bits per heavy atom. The second-order valence-corrected chi connectivity index (χ2v) is 5.32. The van der Waals surface area contributed by atoms with Crippen molar-refractivity contribution < 1.29 is 34.1 Å². The summed E-state index contributed by atoms with van der Waals surface area (Å²) in [6.07, 6.45) is -2.22. The van der Waals surface area contributed by atoms with Crippen LogP contribution >= 0.6 is 0 Å². The van der Waals surface area contributed by atoms with Crippen LogP contribution in [0.5, 0.6) is 0 Å². The minimum atomic E-state index is -4.01. The van der Waals surface area contributed by atoms with Gasteiger partial charge in [0.05, 0.1) is 12.7 Å². The number of hydrogen-bond donors (Lipinski definition) is 5. The van der Waals surface area contributed by atoms with Crippen LogP contribution in [-0.2, 0) is 4.74 Å². The highest BCUT2D eigenvalue weighted by molar-refractivity contribution is 6.56. The Hall–Kier alpha value is -0.713. The zero-order valence-electron chi connectivity index (χ0n) is 8.63. The zero-order chi connectivity index (χ0) is 12.6. The number of nitrogens with one attached hydrogen (secondary N) is 1. The maximum Gasteiger partial charge on any atom is 0.492 e. The van der Waals surface area contributed by atoms with Gasteiger partial charge >= 0.3 is 8.80 Å². The lowest BCUT2D eigenvalue weighted by molar-refractivity contribution is -0.251. The van der Waals surface area contributed by atoms with E-state index < -0.39 is 21.0 Å². The van der Waals surface area contributed by atoms with E-state index in [0.717, 1.165) is 0 Å². The van der Waals surface area contributed by atoms with E-state index in [1.54, 1.807) is 0 Å². The van der Waals surface area contributed by atoms with Crippen molar-refractivity contribution in [3.63, 3.8) is 0 Å². The summed E-state index contributed by atoms with van der Waals surface area (Å²) in [7, 11) is -4.01. The SMILES string of the molecule is O=C([O-])NCC(O)COCCC[Si](O)(O)O. The first-order valence-electron chi connectivity index (χ1n) is 4.69. The number of aliphatic hydroxyl groups is 1. The molecule has 0 aromatic rings. The first-order chi connectivity index (χ1) is 7.31. The standard InChI is InChI=1S/C7H17NO7Si/c9-6(4-8-7(10)11)5-15-2-1-3-16(12,13)14/h6,8-9,12-14H,1-5H2,(H,10,11)/p-1. The molecule has 1 amide bonds. The van der Waals surface area contributed by atoms with Crippen molar-refractivity contribution in [2.75, 3.05) is 19.8 Å². The molecule has 0 aromatic carbocycles. The molecule has 0 aromatic heterocycles. The van der Waals surface area contributed by atoms with Gasteiger partial charge in [0.15, 0.2) is 0 Å². The minimum absolute atomic E-state index is 0.0862. The summed E-state index contributed by atoms with van der Waals surface area (Å²) in [6.45, 7) is -0.142. The number of carbonyl (C=O) groups excluding carboxylic acids is 1. The lowest BCUT2D eigenvalue weighted by Crippen LogP contribution is -2.42. The summed E-state index contributed by atoms with van der Waals surface area (Å²) in [5, 5.41) is 20.9. The van der Waals surface area contributed by atoms with Gasteiger partial charge in [-0.15, -0.1) is 0 Å². The Balaban J connectivity index is 3.34. The molecule has 0 saturated heterocycles. The lowest BCUT2D eigenvalue weighted by atomic mass is 10.4. The summed E-state index contributed by atoms with van der Waals surface area (Å²) in [5.41, 5.74) is 0. The quantitative estimate of drug-likeness (QED) is 0.224. The van der Waals surface area contributed by atoms with Gasteiger partial charge in [-0.2, -0.15) is 0 Å². The summed E-state index contributed by atoms with van der Waals surface area (Å²) < 4.78 is 4.91. The van der Waals surface area contributed by atoms with Crippen molar-refractivity contribution in [3.8, 4) is 0 Å². The molecule has 0 aliphatic carbocycles. The number of aliphatic hydroxyl groups excluding tert-OH is 1. The van der Waals surface area contributed by atoms with Gasteiger partial charge in [0.1, 0.15) is 6.09 Å². The van der Waals surface area contributed by atoms with Gasteiger partial charge in [0.2, 0.25) is 0 Å². The number of carbonyl (C=O) groups is 1. The van der Waals surface area contributed by atoms with Crippen molar-refractivity contribution in [1.82, 2.24) is 5.32 Å². The third-order valence-electron chi connectivity index (χ3n) is 1.59. The van der Waals surface area contributed by atoms with Gasteiger partial charge in [-0.05, 0) is 6.42 Å². The van der Waals surface area contributed by atoms with Crippen LogP contribution in [0, 0.1) is 0 Å². The van der Waals surface area contributed by atoms with Crippen LogP contribution in [0.25, 0.3) is 0 Å². The van der Waals surface area contributed by atoms with E-state index in [4.69, 9.17) is 24.2 Å². The van der Waals surface area contributed by atoms with Crippen molar-refractivity contribution in [1.29, 1.82) is 0 Å². The molecule has 16 heavy (non-hydrogen) atoms. The molecule has 9 heteroatoms. The fourth-order valence-electron chi connectivity index (χ4n) is 0.891. The molecular formula is C7H16NO7Si-. The molecule has 0 aliphatic rings. The number of hydrogen-bond acceptors (Lipinski definition) is 7. The van der Waals surface area contributed by atoms with Crippen molar-refractivity contribution in [3.05, 3.63) is 0 Å². The molecular weight excluding hydrogens is 238 g/mol. The molecule has 0 spiro atoms. The van der Waals surface area contributed by atoms with Gasteiger partial charge in [0.25, 0.3) is 0 Å². The maximum absolute atomic E-state index is 9.94. The van der Waals surface area contributed by atoms with Crippen LogP contribution in [0.1, 0.15) is 6.42 Å². The van der Waals surface area contributed by atoms with Crippen LogP contribution in [-0.4, -0.2) is 60.3 Å². The summed E-state index contributed by atoms with van der Waals surface area (Å²) >= 11 is 0. The molecule has 1 atom stereocenters. The summed E-state index contributed by atoms with van der Waals surface area (Å²) in [5.74, 6) is 0. The summed E-state index contributed by atoms with van der Waals surface area (Å²) in [6, 6.07) is -0.139. The van der Waals surface area contributed by atoms with Crippen molar-refractivity contribution >= 4 is 14.9 Å². The Morgan fingerprint density at radius 2 is 2.06 bits per heavy atom. The zero-order valence-corrected chi connectivity index (χ0v) is 9.63. The van der Waals surface area contributed by atoms with Crippen molar-refractivity contribution in [2.45, 2.75) is 18.6 Å². The van der Waals surface area contributed by atoms with Gasteiger partial charge in [0, 0.05) is 19.2 Å². The molecule has 0 fully saturated rings. The Bertz CT molecular complexity index is 207. The smallest absolute Gasteiger partial charge is 0.492 e. The highest BCUT2D eigenvalue weighted by Crippen LogP contribution is 2.01. The topological polar surface area (TPSA) is 142 Å². The third-order valence-corrected chi connectivity index (χ3v) is 2.62. The monoisotopic (exact) mass is 254 g/mol. The fraction of sp³-hybridized carbons (Fsp3) is 0.857. The first-order valence-corrected chi connectivity index (χ1v) is 6.74. The van der Waals surface area contributed by atoms with Gasteiger partial charge in [-0.1, -0.05) is 0 Å². The van der Waals surface area contributed by atoms with Crippen molar-refractivity contribution in [2.24, 2.45) is 0 Å².